The lowest BCUT2D eigenvalue weighted by atomic mass is 10.1. The normalized spacial score (nSPS) is 9.61. The van der Waals surface area contributed by atoms with Gasteiger partial charge < -0.3 is 24.1 Å². The van der Waals surface area contributed by atoms with Crippen molar-refractivity contribution in [1.82, 2.24) is 0 Å². The molecule has 8 aromatic carbocycles. The number of ketones is 6. The highest BCUT2D eigenvalue weighted by atomic mass is 32.2. The molecule has 0 unspecified atom stereocenters. The number of carbonyl (C=O) groups excluding carboxylic acids is 9. The topological polar surface area (TPSA) is 235 Å². The molecule has 3 N–H and O–H groups in total. The molecule has 440 valence electrons. The molecule has 85 heavy (non-hydrogen) atoms. The lowest BCUT2D eigenvalue weighted by Crippen LogP contribution is -2.16. The number of esters is 1. The van der Waals surface area contributed by atoms with Gasteiger partial charge in [-0.3, -0.25) is 39.4 Å². The van der Waals surface area contributed by atoms with E-state index in [1.807, 2.05) is 91.2 Å². The van der Waals surface area contributed by atoms with Crippen LogP contribution in [0.3, 0.4) is 0 Å². The molecule has 0 atom stereocenters. The number of thioether (sulfide) groups is 1. The fourth-order valence-corrected chi connectivity index (χ4v) is 7.04. The number of phenols is 1. The Morgan fingerprint density at radius 2 is 0.812 bits per heavy atom. The van der Waals surface area contributed by atoms with Gasteiger partial charge in [0.2, 0.25) is 0 Å². The van der Waals surface area contributed by atoms with Crippen LogP contribution in [0, 0.1) is 0 Å². The third-order valence-electron chi connectivity index (χ3n) is 11.3. The van der Waals surface area contributed by atoms with E-state index in [1.54, 1.807) is 136 Å². The molecule has 0 saturated carbocycles. The molecule has 0 aliphatic heterocycles. The van der Waals surface area contributed by atoms with Crippen LogP contribution in [0.1, 0.15) is 127 Å². The molecule has 0 radical (unpaired) electrons. The Labute approximate surface area is 499 Å². The summed E-state index contributed by atoms with van der Waals surface area (Å²) in [6.07, 6.45) is 0.956. The summed E-state index contributed by atoms with van der Waals surface area (Å²) in [7, 11) is 1.31. The molecule has 0 saturated heterocycles. The van der Waals surface area contributed by atoms with Gasteiger partial charge in [-0.2, -0.15) is 0 Å². The average Bonchev–Trinajstić information content (AvgIpc) is 3.54. The van der Waals surface area contributed by atoms with Gasteiger partial charge in [0, 0.05) is 49.7 Å². The van der Waals surface area contributed by atoms with Gasteiger partial charge in [0.15, 0.2) is 34.7 Å². The van der Waals surface area contributed by atoms with Gasteiger partial charge in [0.25, 0.3) is 0 Å². The van der Waals surface area contributed by atoms with Crippen molar-refractivity contribution in [2.45, 2.75) is 60.0 Å². The van der Waals surface area contributed by atoms with Crippen LogP contribution in [-0.2, 0) is 16.1 Å². The predicted molar refractivity (Wildman–Crippen MR) is 331 cm³/mol. The summed E-state index contributed by atoms with van der Waals surface area (Å²) >= 11 is 1.68. The number of rotatable bonds is 15. The zero-order chi connectivity index (χ0) is 62.7. The third kappa shape index (κ3) is 27.4. The van der Waals surface area contributed by atoms with Gasteiger partial charge in [-0.05, 0) is 194 Å². The molecule has 2 amide bonds. The Hall–Kier alpha value is -10.3. The number of carbonyl (C=O) groups is 9. The summed E-state index contributed by atoms with van der Waals surface area (Å²) in [6, 6.07) is 59.5. The zero-order valence-corrected chi connectivity index (χ0v) is 49.5. The van der Waals surface area contributed by atoms with Crippen molar-refractivity contribution in [1.29, 1.82) is 0 Å². The molecular formula is C68H68N2O14S. The van der Waals surface area contributed by atoms with Crippen molar-refractivity contribution in [3.8, 4) is 17.2 Å². The van der Waals surface area contributed by atoms with Gasteiger partial charge in [0.1, 0.15) is 23.9 Å². The van der Waals surface area contributed by atoms with Crippen LogP contribution in [0.5, 0.6) is 17.2 Å². The Kier molecular flexibility index (Phi) is 30.6. The lowest BCUT2D eigenvalue weighted by Gasteiger charge is -2.06. The van der Waals surface area contributed by atoms with Crippen LogP contribution in [0.2, 0.25) is 0 Å². The van der Waals surface area contributed by atoms with Crippen LogP contribution in [-0.4, -0.2) is 77.9 Å². The molecule has 0 bridgehead atoms. The predicted octanol–water partition coefficient (Wildman–Crippen LogP) is 15.3. The van der Waals surface area contributed by atoms with Crippen LogP contribution in [0.15, 0.2) is 211 Å². The fraction of sp³-hybridized carbons (Fsp3) is 0.162. The number of benzene rings is 8. The van der Waals surface area contributed by atoms with E-state index in [-0.39, 0.29) is 40.4 Å². The van der Waals surface area contributed by atoms with Crippen molar-refractivity contribution < 1.29 is 67.2 Å². The summed E-state index contributed by atoms with van der Waals surface area (Å²) in [5.41, 5.74) is 6.62. The average molecular weight is 1170 g/mol. The van der Waals surface area contributed by atoms with Gasteiger partial charge in [0.05, 0.1) is 19.3 Å². The highest BCUT2D eigenvalue weighted by Gasteiger charge is 2.09. The zero-order valence-electron chi connectivity index (χ0n) is 48.7. The number of hydrogen-bond donors (Lipinski definition) is 3. The van der Waals surface area contributed by atoms with E-state index in [0.717, 1.165) is 16.9 Å². The maximum absolute atomic E-state index is 11.6. The molecule has 0 aromatic heterocycles. The van der Waals surface area contributed by atoms with Gasteiger partial charge >= 0.3 is 18.2 Å². The van der Waals surface area contributed by atoms with E-state index in [9.17, 15) is 43.2 Å². The van der Waals surface area contributed by atoms with Crippen LogP contribution >= 0.6 is 11.8 Å². The van der Waals surface area contributed by atoms with E-state index in [1.165, 1.54) is 57.9 Å². The summed E-state index contributed by atoms with van der Waals surface area (Å²) in [6.45, 7) is 11.7. The van der Waals surface area contributed by atoms with E-state index in [0.29, 0.717) is 63.7 Å². The number of aromatic hydroxyl groups is 1. The molecule has 0 aliphatic carbocycles. The first kappa shape index (κ1) is 69.0. The molecule has 8 aromatic rings. The van der Waals surface area contributed by atoms with E-state index in [4.69, 9.17) is 19.3 Å². The van der Waals surface area contributed by atoms with Crippen molar-refractivity contribution in [2.75, 3.05) is 30.6 Å². The molecule has 0 heterocycles. The number of amides is 2. The Morgan fingerprint density at radius 3 is 1.25 bits per heavy atom. The first-order valence-corrected chi connectivity index (χ1v) is 27.5. The molecule has 0 aliphatic rings. The SMILES string of the molecule is CC(=O)c1ccc(O)cc1.CC(=O)c1ccc(OC(=O)Nc2ccccc2)cc1.CC(=O)c1ccc(OCc2ccccc2)cc1.CCOC(=O)Nc1ccc(C(C)=O)cc1.COC(=O)c1cccc(C(C)=O)c1.CSc1ccc(C(C)=O)cc1. The Morgan fingerprint density at radius 1 is 0.424 bits per heavy atom. The van der Waals surface area contributed by atoms with Crippen molar-refractivity contribution in [2.24, 2.45) is 0 Å². The third-order valence-corrected chi connectivity index (χ3v) is 12.0. The number of para-hydroxylation sites is 1. The first-order chi connectivity index (χ1) is 40.6. The van der Waals surface area contributed by atoms with E-state index < -0.39 is 18.2 Å². The second-order valence-electron chi connectivity index (χ2n) is 17.8. The molecule has 8 rings (SSSR count). The monoisotopic (exact) mass is 1170 g/mol. The van der Waals surface area contributed by atoms with Gasteiger partial charge in [-0.25, -0.2) is 14.4 Å². The minimum absolute atomic E-state index is 0.00214. The quantitative estimate of drug-likeness (QED) is 0.0492. The summed E-state index contributed by atoms with van der Waals surface area (Å²) < 4.78 is 19.9. The van der Waals surface area contributed by atoms with Crippen LogP contribution in [0.4, 0.5) is 21.0 Å². The second kappa shape index (κ2) is 37.7. The number of ether oxygens (including phenoxy) is 4. The minimum atomic E-state index is -0.568. The molecule has 17 heteroatoms. The summed E-state index contributed by atoms with van der Waals surface area (Å²) in [4.78, 5) is 101. The van der Waals surface area contributed by atoms with Crippen molar-refractivity contribution in [3.63, 3.8) is 0 Å². The highest BCUT2D eigenvalue weighted by Crippen LogP contribution is 2.18. The Bertz CT molecular complexity index is 3430. The van der Waals surface area contributed by atoms with E-state index >= 15 is 0 Å². The molecule has 0 fully saturated rings. The minimum Gasteiger partial charge on any atom is -0.508 e. The number of Topliss-reactive ketones (excluding diaryl/α,β-unsaturated/α-hetero) is 6. The van der Waals surface area contributed by atoms with Crippen LogP contribution < -0.4 is 20.1 Å². The maximum atomic E-state index is 11.6. The number of methoxy groups -OCH3 is 1. The van der Waals surface area contributed by atoms with Crippen LogP contribution in [0.25, 0.3) is 0 Å². The van der Waals surface area contributed by atoms with Gasteiger partial charge in [-0.15, -0.1) is 11.8 Å². The van der Waals surface area contributed by atoms with Crippen molar-refractivity contribution in [3.05, 3.63) is 251 Å². The number of phenolic OH excluding ortho intramolecular Hbond substituents is 1. The number of nitrogens with one attached hydrogen (secondary N) is 2. The summed E-state index contributed by atoms with van der Waals surface area (Å²) in [5, 5.41) is 14.0. The molecule has 16 nitrogen and oxygen atoms in total. The summed E-state index contributed by atoms with van der Waals surface area (Å²) in [5.74, 6) is 1.03. The fourth-order valence-electron chi connectivity index (χ4n) is 6.63. The van der Waals surface area contributed by atoms with Crippen molar-refractivity contribution >= 4 is 76.0 Å². The standard InChI is InChI=1S/C15H13NO3.C15H14O2.C11H13NO3.C10H10O3.C9H10OS.C8H8O2/c1-11(17)12-7-9-14(10-8-12)19-15(18)16-13-5-3-2-4-6-13;1-12(16)14-7-9-15(10-8-14)17-11-13-5-3-2-4-6-13;1-3-15-11(14)12-10-6-4-9(5-7-10)8(2)13;1-7(11)8-4-3-5-9(6-8)10(12)13-2;1-7(10)8-3-5-9(11-2)6-4-8;1-6(9)7-2-4-8(10)5-3-7/h2-10H,1H3,(H,16,18);2-10H,11H2,1H3;4-7H,3H2,1-2H3,(H,12,14);3-6H,1-2H3;3-6H,1-2H3;2-5,10H,1H3. The number of anilines is 2. The van der Waals surface area contributed by atoms with E-state index in [2.05, 4.69) is 15.4 Å². The largest absolute Gasteiger partial charge is 0.508 e. The molecular weight excluding hydrogens is 1100 g/mol. The first-order valence-electron chi connectivity index (χ1n) is 26.2. The lowest BCUT2D eigenvalue weighted by molar-refractivity contribution is 0.0599. The van der Waals surface area contributed by atoms with Gasteiger partial charge in [-0.1, -0.05) is 72.8 Å². The second-order valence-corrected chi connectivity index (χ2v) is 18.7. The maximum Gasteiger partial charge on any atom is 0.417 e. The number of hydrogen-bond acceptors (Lipinski definition) is 15. The smallest absolute Gasteiger partial charge is 0.417 e. The molecule has 0 spiro atoms. The Balaban J connectivity index is 0.000000271. The highest BCUT2D eigenvalue weighted by molar-refractivity contribution is 7.98.